The molecule has 0 N–H and O–H groups in total. The average Bonchev–Trinajstić information content (AvgIpc) is 2.31. The first-order valence-electron chi connectivity index (χ1n) is 4.47. The van der Waals surface area contributed by atoms with E-state index in [0.717, 1.165) is 17.3 Å². The normalized spacial score (nSPS) is 12.3. The quantitative estimate of drug-likeness (QED) is 0.314. The molecule has 1 aromatic rings. The van der Waals surface area contributed by atoms with Crippen molar-refractivity contribution in [2.24, 2.45) is 4.99 Å². The molecular formula is C10H10BNO2S. The van der Waals surface area contributed by atoms with Gasteiger partial charge in [0, 0.05) is 0 Å². The molecule has 1 aromatic carbocycles. The van der Waals surface area contributed by atoms with Gasteiger partial charge >= 0.3 is 92.8 Å². The second-order valence-electron chi connectivity index (χ2n) is 2.76. The Hall–Kier alpha value is -1.23. The van der Waals surface area contributed by atoms with Crippen LogP contribution in [0.4, 0.5) is 0 Å². The molecule has 1 unspecified atom stereocenters. The number of nitrogens with zero attached hydrogens (tertiary/aromatic N) is 1. The second-order valence-corrected chi connectivity index (χ2v) is 3.86. The van der Waals surface area contributed by atoms with E-state index in [1.807, 2.05) is 30.3 Å². The standard InChI is InChI=1S/C10H10BNO2S/c13-6-9(12-8-11-14)7-15-10-4-2-1-3-5-10/h1-6,8-9H,7H2/b12-8-. The van der Waals surface area contributed by atoms with Crippen LogP contribution in [0.3, 0.4) is 0 Å². The van der Waals surface area contributed by atoms with Gasteiger partial charge < -0.3 is 0 Å². The molecule has 0 aromatic heterocycles. The van der Waals surface area contributed by atoms with Crippen molar-refractivity contribution in [3.63, 3.8) is 0 Å². The molecule has 0 saturated carbocycles. The summed E-state index contributed by atoms with van der Waals surface area (Å²) < 4.78 is 10.0. The van der Waals surface area contributed by atoms with Gasteiger partial charge in [0.25, 0.3) is 0 Å². The van der Waals surface area contributed by atoms with Gasteiger partial charge in [-0.05, 0) is 0 Å². The van der Waals surface area contributed by atoms with Crippen LogP contribution in [0.15, 0.2) is 40.2 Å². The molecule has 0 radical (unpaired) electrons. The molecular weight excluding hydrogens is 209 g/mol. The number of aldehydes is 1. The van der Waals surface area contributed by atoms with Crippen LogP contribution >= 0.6 is 11.8 Å². The molecule has 15 heavy (non-hydrogen) atoms. The Morgan fingerprint density at radius 1 is 1.40 bits per heavy atom. The van der Waals surface area contributed by atoms with Crippen molar-refractivity contribution in [2.75, 3.05) is 5.75 Å². The summed E-state index contributed by atoms with van der Waals surface area (Å²) in [5, 5.41) is 0. The summed E-state index contributed by atoms with van der Waals surface area (Å²) in [7, 11) is 0.573. The molecule has 1 rings (SSSR count). The molecule has 0 bridgehead atoms. The van der Waals surface area contributed by atoms with E-state index in [1.165, 1.54) is 0 Å². The molecule has 76 valence electrons. The fraction of sp³-hybridized carbons (Fsp3) is 0.200. The van der Waals surface area contributed by atoms with E-state index in [1.54, 1.807) is 11.8 Å². The van der Waals surface area contributed by atoms with Gasteiger partial charge in [-0.1, -0.05) is 0 Å². The molecule has 5 heteroatoms. The van der Waals surface area contributed by atoms with Crippen LogP contribution in [0.5, 0.6) is 0 Å². The monoisotopic (exact) mass is 219 g/mol. The topological polar surface area (TPSA) is 46.5 Å². The van der Waals surface area contributed by atoms with Crippen LogP contribution in [-0.4, -0.2) is 31.3 Å². The van der Waals surface area contributed by atoms with Gasteiger partial charge in [0.2, 0.25) is 0 Å². The van der Waals surface area contributed by atoms with Gasteiger partial charge in [-0.3, -0.25) is 0 Å². The Labute approximate surface area is 93.2 Å². The molecule has 1 atom stereocenters. The minimum atomic E-state index is -0.444. The van der Waals surface area contributed by atoms with E-state index in [4.69, 9.17) is 0 Å². The fourth-order valence-corrected chi connectivity index (χ4v) is 1.84. The number of benzene rings is 1. The molecule has 0 saturated heterocycles. The second kappa shape index (κ2) is 7.12. The van der Waals surface area contributed by atoms with E-state index >= 15 is 0 Å². The number of rotatable bonds is 6. The van der Waals surface area contributed by atoms with E-state index in [2.05, 4.69) is 4.99 Å². The van der Waals surface area contributed by atoms with Crippen molar-refractivity contribution in [2.45, 2.75) is 10.9 Å². The first-order valence-corrected chi connectivity index (χ1v) is 5.45. The van der Waals surface area contributed by atoms with Crippen LogP contribution in [0.2, 0.25) is 0 Å². The molecule has 0 spiro atoms. The van der Waals surface area contributed by atoms with E-state index in [0.29, 0.717) is 12.9 Å². The summed E-state index contributed by atoms with van der Waals surface area (Å²) in [6, 6.07) is 9.30. The first-order chi connectivity index (χ1) is 7.36. The van der Waals surface area contributed by atoms with Crippen molar-refractivity contribution in [3.8, 4) is 0 Å². The van der Waals surface area contributed by atoms with Crippen molar-refractivity contribution in [1.29, 1.82) is 0 Å². The van der Waals surface area contributed by atoms with Crippen molar-refractivity contribution < 1.29 is 9.50 Å². The Morgan fingerprint density at radius 2 is 2.13 bits per heavy atom. The summed E-state index contributed by atoms with van der Waals surface area (Å²) in [6.07, 6.45) is 1.86. The zero-order valence-corrected chi connectivity index (χ0v) is 8.89. The number of hydrogen-bond donors (Lipinski definition) is 0. The van der Waals surface area contributed by atoms with Crippen LogP contribution in [0.1, 0.15) is 0 Å². The maximum absolute atomic E-state index is 10.6. The summed E-state index contributed by atoms with van der Waals surface area (Å²) in [5.74, 6) is 0.553. The zero-order valence-electron chi connectivity index (χ0n) is 8.08. The maximum atomic E-state index is 10.6. The zero-order chi connectivity index (χ0) is 10.9. The average molecular weight is 219 g/mol. The summed E-state index contributed by atoms with van der Waals surface area (Å²) in [4.78, 5) is 15.5. The van der Waals surface area contributed by atoms with Gasteiger partial charge in [0.1, 0.15) is 0 Å². The van der Waals surface area contributed by atoms with Gasteiger partial charge in [-0.2, -0.15) is 0 Å². The Bertz CT molecular complexity index is 343. The summed E-state index contributed by atoms with van der Waals surface area (Å²) in [5.41, 5.74) is 0. The molecule has 0 amide bonds. The number of thioether (sulfide) groups is 1. The van der Waals surface area contributed by atoms with Crippen LogP contribution in [-0.2, 0) is 9.50 Å². The molecule has 0 fully saturated rings. The SMILES string of the molecule is O=B/C=N\C(C=O)CSc1ccccc1. The minimum absolute atomic E-state index is 0.444. The van der Waals surface area contributed by atoms with Crippen molar-refractivity contribution >= 4 is 31.3 Å². The summed E-state index contributed by atoms with van der Waals surface area (Å²) in [6.45, 7) is 0. The number of aliphatic imine (C=N–C) groups is 1. The van der Waals surface area contributed by atoms with Gasteiger partial charge in [0.05, 0.1) is 0 Å². The predicted molar refractivity (Wildman–Crippen MR) is 62.0 cm³/mol. The van der Waals surface area contributed by atoms with E-state index in [9.17, 15) is 9.50 Å². The molecule has 0 aliphatic heterocycles. The molecule has 0 aliphatic rings. The third-order valence-electron chi connectivity index (χ3n) is 1.66. The van der Waals surface area contributed by atoms with Gasteiger partial charge in [0.15, 0.2) is 0 Å². The van der Waals surface area contributed by atoms with Gasteiger partial charge in [-0.25, -0.2) is 0 Å². The number of carbonyl (C=O) groups is 1. The molecule has 3 nitrogen and oxygen atoms in total. The van der Waals surface area contributed by atoms with Crippen molar-refractivity contribution in [3.05, 3.63) is 30.3 Å². The molecule has 0 aliphatic carbocycles. The predicted octanol–water partition coefficient (Wildman–Crippen LogP) is 1.42. The first kappa shape index (κ1) is 11.8. The Kier molecular flexibility index (Phi) is 5.62. The van der Waals surface area contributed by atoms with E-state index in [-0.39, 0.29) is 0 Å². The molecule has 0 heterocycles. The van der Waals surface area contributed by atoms with E-state index < -0.39 is 6.04 Å². The van der Waals surface area contributed by atoms with Crippen LogP contribution < -0.4 is 0 Å². The third kappa shape index (κ3) is 4.69. The number of carbonyl (C=O) groups excluding carboxylic acids is 1. The Balaban J connectivity index is 2.44. The fourth-order valence-electron chi connectivity index (χ4n) is 0.961. The van der Waals surface area contributed by atoms with Crippen LogP contribution in [0, 0.1) is 0 Å². The number of hydrogen-bond acceptors (Lipinski definition) is 4. The third-order valence-corrected chi connectivity index (χ3v) is 2.77. The Morgan fingerprint density at radius 3 is 2.73 bits per heavy atom. The van der Waals surface area contributed by atoms with Crippen LogP contribution in [0.25, 0.3) is 0 Å². The van der Waals surface area contributed by atoms with Gasteiger partial charge in [-0.15, -0.1) is 0 Å². The summed E-state index contributed by atoms with van der Waals surface area (Å²) >= 11 is 1.54. The van der Waals surface area contributed by atoms with Crippen molar-refractivity contribution in [1.82, 2.24) is 0 Å².